The molecule has 1 atom stereocenters. The zero-order valence-corrected chi connectivity index (χ0v) is 16.8. The Labute approximate surface area is 173 Å². The second-order valence-corrected chi connectivity index (χ2v) is 6.71. The first-order valence-corrected chi connectivity index (χ1v) is 9.29. The Morgan fingerprint density at radius 2 is 1.72 bits per heavy atom. The summed E-state index contributed by atoms with van der Waals surface area (Å²) < 4.78 is 5.08. The number of ketones is 1. The predicted octanol–water partition coefficient (Wildman–Crippen LogP) is 3.23. The summed E-state index contributed by atoms with van der Waals surface area (Å²) >= 11 is 5.77. The molecule has 0 aromatic heterocycles. The Bertz CT molecular complexity index is 912. The number of halogens is 1. The molecule has 0 heterocycles. The maximum absolute atomic E-state index is 12.2. The van der Waals surface area contributed by atoms with Crippen LogP contribution in [-0.2, 0) is 14.3 Å². The SMILES string of the molecule is CC(=O)c1cccc(NC(=O)[C@@H](C)OC(=O)CCNC(=O)c2ccc(Cl)cc2)c1. The van der Waals surface area contributed by atoms with E-state index in [1.807, 2.05) is 0 Å². The summed E-state index contributed by atoms with van der Waals surface area (Å²) in [6.45, 7) is 2.93. The molecule has 0 unspecified atom stereocenters. The Hall–Kier alpha value is -3.19. The number of ether oxygens (including phenoxy) is 1. The number of carbonyl (C=O) groups is 4. The van der Waals surface area contributed by atoms with Gasteiger partial charge in [0, 0.05) is 28.4 Å². The Balaban J connectivity index is 1.77. The van der Waals surface area contributed by atoms with E-state index in [2.05, 4.69) is 10.6 Å². The number of carbonyl (C=O) groups excluding carboxylic acids is 4. The maximum Gasteiger partial charge on any atom is 0.308 e. The smallest absolute Gasteiger partial charge is 0.308 e. The minimum Gasteiger partial charge on any atom is -0.452 e. The fourth-order valence-electron chi connectivity index (χ4n) is 2.35. The lowest BCUT2D eigenvalue weighted by Crippen LogP contribution is -2.32. The summed E-state index contributed by atoms with van der Waals surface area (Å²) in [5.74, 6) is -1.61. The van der Waals surface area contributed by atoms with Crippen molar-refractivity contribution in [2.75, 3.05) is 11.9 Å². The van der Waals surface area contributed by atoms with E-state index in [0.717, 1.165) is 0 Å². The Morgan fingerprint density at radius 3 is 2.38 bits per heavy atom. The van der Waals surface area contributed by atoms with Crippen molar-refractivity contribution in [3.05, 3.63) is 64.7 Å². The number of rotatable bonds is 8. The lowest BCUT2D eigenvalue weighted by molar-refractivity contribution is -0.153. The molecule has 0 spiro atoms. The molecule has 0 bridgehead atoms. The topological polar surface area (TPSA) is 102 Å². The van der Waals surface area contributed by atoms with Crippen LogP contribution in [0.15, 0.2) is 48.5 Å². The van der Waals surface area contributed by atoms with Crippen molar-refractivity contribution in [2.24, 2.45) is 0 Å². The minimum absolute atomic E-state index is 0.0648. The van der Waals surface area contributed by atoms with Crippen molar-refractivity contribution in [3.8, 4) is 0 Å². The van der Waals surface area contributed by atoms with E-state index in [4.69, 9.17) is 16.3 Å². The van der Waals surface area contributed by atoms with Gasteiger partial charge in [0.15, 0.2) is 11.9 Å². The number of anilines is 1. The summed E-state index contributed by atoms with van der Waals surface area (Å²) in [5.41, 5.74) is 1.31. The molecule has 0 saturated carbocycles. The molecular weight excluding hydrogens is 396 g/mol. The lowest BCUT2D eigenvalue weighted by atomic mass is 10.1. The second kappa shape index (κ2) is 10.4. The van der Waals surface area contributed by atoms with Gasteiger partial charge in [-0.2, -0.15) is 0 Å². The van der Waals surface area contributed by atoms with Crippen molar-refractivity contribution in [1.82, 2.24) is 5.32 Å². The number of hydrogen-bond donors (Lipinski definition) is 2. The largest absolute Gasteiger partial charge is 0.452 e. The van der Waals surface area contributed by atoms with E-state index in [9.17, 15) is 19.2 Å². The molecule has 152 valence electrons. The minimum atomic E-state index is -1.03. The van der Waals surface area contributed by atoms with Gasteiger partial charge in [0.05, 0.1) is 6.42 Å². The highest BCUT2D eigenvalue weighted by Gasteiger charge is 2.18. The van der Waals surface area contributed by atoms with Crippen LogP contribution in [0.5, 0.6) is 0 Å². The zero-order valence-electron chi connectivity index (χ0n) is 16.0. The molecule has 7 nitrogen and oxygen atoms in total. The van der Waals surface area contributed by atoms with Crippen LogP contribution in [0.2, 0.25) is 5.02 Å². The molecule has 0 aliphatic carbocycles. The number of benzene rings is 2. The molecule has 2 amide bonds. The molecule has 0 aliphatic heterocycles. The molecule has 2 rings (SSSR count). The number of amides is 2. The van der Waals surface area contributed by atoms with Crippen molar-refractivity contribution in [3.63, 3.8) is 0 Å². The quantitative estimate of drug-likeness (QED) is 0.508. The van der Waals surface area contributed by atoms with Crippen LogP contribution in [0, 0.1) is 0 Å². The van der Waals surface area contributed by atoms with Gasteiger partial charge < -0.3 is 15.4 Å². The molecule has 8 heteroatoms. The molecule has 0 aliphatic rings. The van der Waals surface area contributed by atoms with Crippen LogP contribution in [0.4, 0.5) is 5.69 Å². The van der Waals surface area contributed by atoms with Gasteiger partial charge in [0.25, 0.3) is 11.8 Å². The third-order valence-electron chi connectivity index (χ3n) is 3.94. The normalized spacial score (nSPS) is 11.3. The Kier molecular flexibility index (Phi) is 7.91. The highest BCUT2D eigenvalue weighted by molar-refractivity contribution is 6.30. The molecule has 0 radical (unpaired) electrons. The van der Waals surface area contributed by atoms with Crippen LogP contribution in [0.25, 0.3) is 0 Å². The summed E-state index contributed by atoms with van der Waals surface area (Å²) in [4.78, 5) is 47.4. The number of Topliss-reactive ketones (excluding diaryl/α,β-unsaturated/α-hetero) is 1. The molecular formula is C21H21ClN2O5. The monoisotopic (exact) mass is 416 g/mol. The van der Waals surface area contributed by atoms with Crippen molar-refractivity contribution in [1.29, 1.82) is 0 Å². The van der Waals surface area contributed by atoms with Gasteiger partial charge >= 0.3 is 5.97 Å². The molecule has 2 N–H and O–H groups in total. The first-order valence-electron chi connectivity index (χ1n) is 8.91. The van der Waals surface area contributed by atoms with E-state index in [0.29, 0.717) is 21.8 Å². The first-order chi connectivity index (χ1) is 13.8. The number of esters is 1. The highest BCUT2D eigenvalue weighted by Crippen LogP contribution is 2.12. The van der Waals surface area contributed by atoms with Gasteiger partial charge in [-0.3, -0.25) is 19.2 Å². The van der Waals surface area contributed by atoms with E-state index in [-0.39, 0.29) is 24.7 Å². The molecule has 0 fully saturated rings. The zero-order chi connectivity index (χ0) is 21.4. The van der Waals surface area contributed by atoms with Gasteiger partial charge in [0.1, 0.15) is 0 Å². The van der Waals surface area contributed by atoms with Crippen molar-refractivity contribution >= 4 is 40.9 Å². The van der Waals surface area contributed by atoms with Gasteiger partial charge in [-0.05, 0) is 50.2 Å². The number of nitrogens with one attached hydrogen (secondary N) is 2. The average Bonchev–Trinajstić information content (AvgIpc) is 2.68. The third-order valence-corrected chi connectivity index (χ3v) is 4.19. The van der Waals surface area contributed by atoms with E-state index in [1.165, 1.54) is 13.8 Å². The Morgan fingerprint density at radius 1 is 1.03 bits per heavy atom. The second-order valence-electron chi connectivity index (χ2n) is 6.27. The molecule has 0 saturated heterocycles. The van der Waals surface area contributed by atoms with E-state index >= 15 is 0 Å². The summed E-state index contributed by atoms with van der Waals surface area (Å²) in [5, 5.41) is 5.71. The molecule has 2 aromatic rings. The van der Waals surface area contributed by atoms with Crippen molar-refractivity contribution < 1.29 is 23.9 Å². The van der Waals surface area contributed by atoms with E-state index < -0.39 is 18.0 Å². The fraction of sp³-hybridized carbons (Fsp3) is 0.238. The average molecular weight is 417 g/mol. The van der Waals surface area contributed by atoms with Crippen LogP contribution >= 0.6 is 11.6 Å². The lowest BCUT2D eigenvalue weighted by Gasteiger charge is -2.14. The maximum atomic E-state index is 12.2. The van der Waals surface area contributed by atoms with Crippen molar-refractivity contribution in [2.45, 2.75) is 26.4 Å². The summed E-state index contributed by atoms with van der Waals surface area (Å²) in [7, 11) is 0. The molecule has 29 heavy (non-hydrogen) atoms. The fourth-order valence-corrected chi connectivity index (χ4v) is 2.48. The van der Waals surface area contributed by atoms with Crippen LogP contribution < -0.4 is 10.6 Å². The number of hydrogen-bond acceptors (Lipinski definition) is 5. The van der Waals surface area contributed by atoms with Crippen LogP contribution in [0.3, 0.4) is 0 Å². The van der Waals surface area contributed by atoms with E-state index in [1.54, 1.807) is 48.5 Å². The van der Waals surface area contributed by atoms with Gasteiger partial charge in [0.2, 0.25) is 0 Å². The third kappa shape index (κ3) is 7.04. The summed E-state index contributed by atoms with van der Waals surface area (Å²) in [6.07, 6.45) is -1.12. The van der Waals surface area contributed by atoms with Gasteiger partial charge in [-0.1, -0.05) is 23.7 Å². The van der Waals surface area contributed by atoms with Crippen LogP contribution in [0.1, 0.15) is 41.0 Å². The molecule has 2 aromatic carbocycles. The van der Waals surface area contributed by atoms with Gasteiger partial charge in [-0.15, -0.1) is 0 Å². The van der Waals surface area contributed by atoms with Gasteiger partial charge in [-0.25, -0.2) is 0 Å². The highest BCUT2D eigenvalue weighted by atomic mass is 35.5. The van der Waals surface area contributed by atoms with Crippen LogP contribution in [-0.4, -0.2) is 36.2 Å². The standard InChI is InChI=1S/C21H21ClN2O5/c1-13(25)16-4-3-5-18(12-16)24-20(27)14(2)29-19(26)10-11-23-21(28)15-6-8-17(22)9-7-15/h3-9,12,14H,10-11H2,1-2H3,(H,23,28)(H,24,27)/t14-/m1/s1. The first kappa shape index (κ1) is 22.1. The summed E-state index contributed by atoms with van der Waals surface area (Å²) in [6, 6.07) is 12.8. The predicted molar refractivity (Wildman–Crippen MR) is 109 cm³/mol.